The first kappa shape index (κ1) is 17.7. The number of methoxy groups -OCH3 is 2. The normalized spacial score (nSPS) is 10.8. The van der Waals surface area contributed by atoms with E-state index in [2.05, 4.69) is 15.5 Å². The summed E-state index contributed by atoms with van der Waals surface area (Å²) in [5.41, 5.74) is 3.64. The minimum absolute atomic E-state index is 0.254. The zero-order valence-corrected chi connectivity index (χ0v) is 15.8. The number of fused-ring (bicyclic) bond motifs is 1. The summed E-state index contributed by atoms with van der Waals surface area (Å²) in [7, 11) is 5.13. The van der Waals surface area contributed by atoms with E-state index in [9.17, 15) is 4.79 Å². The highest BCUT2D eigenvalue weighted by atomic mass is 16.5. The third kappa shape index (κ3) is 3.07. The van der Waals surface area contributed by atoms with Gasteiger partial charge in [-0.2, -0.15) is 5.10 Å². The molecule has 0 atom stereocenters. The second-order valence-electron chi connectivity index (χ2n) is 6.36. The van der Waals surface area contributed by atoms with E-state index in [1.807, 2.05) is 54.2 Å². The molecule has 0 saturated carbocycles. The highest BCUT2D eigenvalue weighted by molar-refractivity contribution is 6.08. The number of hydrogen-bond acceptors (Lipinski definition) is 4. The van der Waals surface area contributed by atoms with Crippen LogP contribution in [0.5, 0.6) is 11.5 Å². The fraction of sp³-hybridized carbons (Fsp3) is 0.143. The number of amides is 1. The van der Waals surface area contributed by atoms with Gasteiger partial charge in [-0.25, -0.2) is 0 Å². The van der Waals surface area contributed by atoms with E-state index in [1.165, 1.54) is 0 Å². The van der Waals surface area contributed by atoms with Crippen molar-refractivity contribution in [3.63, 3.8) is 0 Å². The molecule has 0 aliphatic carbocycles. The van der Waals surface area contributed by atoms with Gasteiger partial charge in [-0.1, -0.05) is 6.07 Å². The van der Waals surface area contributed by atoms with Crippen LogP contribution in [0.15, 0.2) is 54.7 Å². The fourth-order valence-corrected chi connectivity index (χ4v) is 3.18. The van der Waals surface area contributed by atoms with Gasteiger partial charge in [-0.15, -0.1) is 0 Å². The first-order chi connectivity index (χ1) is 13.6. The summed E-state index contributed by atoms with van der Waals surface area (Å²) >= 11 is 0. The molecule has 2 aromatic heterocycles. The number of carbonyl (C=O) groups is 1. The van der Waals surface area contributed by atoms with E-state index < -0.39 is 0 Å². The van der Waals surface area contributed by atoms with Crippen molar-refractivity contribution in [1.82, 2.24) is 14.8 Å². The largest absolute Gasteiger partial charge is 0.493 e. The molecular formula is C21H20N4O3. The number of hydrogen-bond donors (Lipinski definition) is 2. The van der Waals surface area contributed by atoms with E-state index in [-0.39, 0.29) is 5.91 Å². The van der Waals surface area contributed by atoms with Crippen molar-refractivity contribution < 1.29 is 14.3 Å². The molecule has 0 radical (unpaired) electrons. The number of aromatic nitrogens is 3. The number of aromatic amines is 1. The van der Waals surface area contributed by atoms with E-state index in [4.69, 9.17) is 9.47 Å². The highest BCUT2D eigenvalue weighted by Crippen LogP contribution is 2.32. The van der Waals surface area contributed by atoms with E-state index in [1.54, 1.807) is 26.4 Å². The molecular weight excluding hydrogens is 356 g/mol. The summed E-state index contributed by atoms with van der Waals surface area (Å²) in [6.45, 7) is 0. The Bertz CT molecular complexity index is 1160. The summed E-state index contributed by atoms with van der Waals surface area (Å²) in [6, 6.07) is 15.0. The van der Waals surface area contributed by atoms with Crippen molar-refractivity contribution in [2.45, 2.75) is 0 Å². The maximum Gasteiger partial charge on any atom is 0.273 e. The molecule has 7 nitrogen and oxygen atoms in total. The summed E-state index contributed by atoms with van der Waals surface area (Å²) in [5.74, 6) is 0.982. The molecule has 7 heteroatoms. The van der Waals surface area contributed by atoms with Crippen LogP contribution in [-0.2, 0) is 7.05 Å². The molecule has 4 aromatic rings. The standard InChI is InChI=1S/C21H20N4O3/c1-25-10-9-14-15(5-4-6-18(14)25)22-21(26)17-12-16(23-24-17)13-7-8-19(27-2)20(11-13)28-3/h4-12H,1-3H3,(H,22,26)(H,23,24). The molecule has 2 N–H and O–H groups in total. The Morgan fingerprint density at radius 3 is 2.68 bits per heavy atom. The van der Waals surface area contributed by atoms with Gasteiger partial charge in [0.05, 0.1) is 25.6 Å². The number of benzene rings is 2. The highest BCUT2D eigenvalue weighted by Gasteiger charge is 2.14. The topological polar surface area (TPSA) is 81.2 Å². The molecule has 0 saturated heterocycles. The zero-order valence-electron chi connectivity index (χ0n) is 15.8. The third-order valence-corrected chi connectivity index (χ3v) is 4.68. The zero-order chi connectivity index (χ0) is 19.7. The predicted octanol–water partition coefficient (Wildman–Crippen LogP) is 3.84. The van der Waals surface area contributed by atoms with Gasteiger partial charge in [-0.05, 0) is 42.5 Å². The summed E-state index contributed by atoms with van der Waals surface area (Å²) in [5, 5.41) is 11.0. The van der Waals surface area contributed by atoms with Gasteiger partial charge in [-0.3, -0.25) is 9.89 Å². The van der Waals surface area contributed by atoms with Gasteiger partial charge in [0.1, 0.15) is 5.69 Å². The number of ether oxygens (including phenoxy) is 2. The van der Waals surface area contributed by atoms with Crippen LogP contribution < -0.4 is 14.8 Å². The minimum atomic E-state index is -0.254. The van der Waals surface area contributed by atoms with Crippen molar-refractivity contribution in [2.75, 3.05) is 19.5 Å². The Labute approximate surface area is 161 Å². The predicted molar refractivity (Wildman–Crippen MR) is 108 cm³/mol. The third-order valence-electron chi connectivity index (χ3n) is 4.68. The first-order valence-corrected chi connectivity index (χ1v) is 8.74. The average molecular weight is 376 g/mol. The number of anilines is 1. The van der Waals surface area contributed by atoms with Gasteiger partial charge in [0.25, 0.3) is 5.91 Å². The molecule has 2 heterocycles. The number of H-pyrrole nitrogens is 1. The smallest absolute Gasteiger partial charge is 0.273 e. The van der Waals surface area contributed by atoms with Crippen molar-refractivity contribution in [2.24, 2.45) is 7.05 Å². The van der Waals surface area contributed by atoms with Crippen molar-refractivity contribution in [1.29, 1.82) is 0 Å². The number of nitrogens with zero attached hydrogens (tertiary/aromatic N) is 2. The Hall–Kier alpha value is -3.74. The fourth-order valence-electron chi connectivity index (χ4n) is 3.18. The Kier molecular flexibility index (Phi) is 4.49. The summed E-state index contributed by atoms with van der Waals surface area (Å²) < 4.78 is 12.6. The maximum atomic E-state index is 12.7. The van der Waals surface area contributed by atoms with Gasteiger partial charge in [0, 0.05) is 29.7 Å². The maximum absolute atomic E-state index is 12.7. The summed E-state index contributed by atoms with van der Waals surface area (Å²) in [6.07, 6.45) is 1.96. The van der Waals surface area contributed by atoms with Crippen LogP contribution in [0, 0.1) is 0 Å². The van der Waals surface area contributed by atoms with Crippen LogP contribution in [0.25, 0.3) is 22.2 Å². The minimum Gasteiger partial charge on any atom is -0.493 e. The lowest BCUT2D eigenvalue weighted by Crippen LogP contribution is -2.12. The molecule has 4 rings (SSSR count). The number of aryl methyl sites for hydroxylation is 1. The molecule has 0 spiro atoms. The number of nitrogens with one attached hydrogen (secondary N) is 2. The first-order valence-electron chi connectivity index (χ1n) is 8.74. The molecule has 142 valence electrons. The average Bonchev–Trinajstić information content (AvgIpc) is 3.36. The van der Waals surface area contributed by atoms with Gasteiger partial charge in [0.2, 0.25) is 0 Å². The Morgan fingerprint density at radius 1 is 1.07 bits per heavy atom. The van der Waals surface area contributed by atoms with Crippen molar-refractivity contribution in [3.05, 3.63) is 60.4 Å². The lowest BCUT2D eigenvalue weighted by Gasteiger charge is -2.08. The van der Waals surface area contributed by atoms with Crippen molar-refractivity contribution >= 4 is 22.5 Å². The molecule has 2 aromatic carbocycles. The molecule has 0 aliphatic rings. The summed E-state index contributed by atoms with van der Waals surface area (Å²) in [4.78, 5) is 12.7. The Balaban J connectivity index is 1.59. The molecule has 0 fully saturated rings. The van der Waals surface area contributed by atoms with Gasteiger partial charge >= 0.3 is 0 Å². The molecule has 1 amide bonds. The van der Waals surface area contributed by atoms with E-state index >= 15 is 0 Å². The molecule has 28 heavy (non-hydrogen) atoms. The van der Waals surface area contributed by atoms with Crippen LogP contribution in [0.3, 0.4) is 0 Å². The molecule has 0 bridgehead atoms. The van der Waals surface area contributed by atoms with Crippen LogP contribution in [0.2, 0.25) is 0 Å². The monoisotopic (exact) mass is 376 g/mol. The molecule has 0 aliphatic heterocycles. The van der Waals surface area contributed by atoms with E-state index in [0.29, 0.717) is 22.9 Å². The number of carbonyl (C=O) groups excluding carboxylic acids is 1. The Morgan fingerprint density at radius 2 is 1.89 bits per heavy atom. The lowest BCUT2D eigenvalue weighted by atomic mass is 10.1. The van der Waals surface area contributed by atoms with Crippen LogP contribution >= 0.6 is 0 Å². The molecule has 0 unspecified atom stereocenters. The van der Waals surface area contributed by atoms with Gasteiger partial charge < -0.3 is 19.4 Å². The SMILES string of the molecule is COc1ccc(-c2cc(C(=O)Nc3cccc4c3ccn4C)[nH]n2)cc1OC. The second-order valence-corrected chi connectivity index (χ2v) is 6.36. The number of rotatable bonds is 5. The quantitative estimate of drug-likeness (QED) is 0.555. The van der Waals surface area contributed by atoms with E-state index in [0.717, 1.165) is 22.2 Å². The lowest BCUT2D eigenvalue weighted by molar-refractivity contribution is 0.102. The van der Waals surface area contributed by atoms with Crippen molar-refractivity contribution in [3.8, 4) is 22.8 Å². The van der Waals surface area contributed by atoms with Crippen LogP contribution in [0.4, 0.5) is 5.69 Å². The van der Waals surface area contributed by atoms with Crippen LogP contribution in [0.1, 0.15) is 10.5 Å². The van der Waals surface area contributed by atoms with Crippen LogP contribution in [-0.4, -0.2) is 34.9 Å². The van der Waals surface area contributed by atoms with Gasteiger partial charge in [0.15, 0.2) is 11.5 Å². The second kappa shape index (κ2) is 7.11.